The molecule has 0 amide bonds. The maximum absolute atomic E-state index is 13.0. The van der Waals surface area contributed by atoms with Crippen molar-refractivity contribution < 1.29 is 13.2 Å². The van der Waals surface area contributed by atoms with Gasteiger partial charge in [0, 0.05) is 45.5 Å². The van der Waals surface area contributed by atoms with Crippen LogP contribution in [0.4, 0.5) is 13.2 Å². The molecule has 1 saturated heterocycles. The van der Waals surface area contributed by atoms with E-state index in [-0.39, 0.29) is 36.1 Å². The molecule has 2 heterocycles. The lowest BCUT2D eigenvalue weighted by Gasteiger charge is -2.22. The van der Waals surface area contributed by atoms with Crippen LogP contribution in [0.2, 0.25) is 0 Å². The van der Waals surface area contributed by atoms with Crippen molar-refractivity contribution in [2.75, 3.05) is 20.1 Å². The Balaban J connectivity index is 0.00000312. The average Bonchev–Trinajstić information content (AvgIpc) is 3.05. The quantitative estimate of drug-likeness (QED) is 0.414. The van der Waals surface area contributed by atoms with Crippen molar-refractivity contribution in [1.82, 2.24) is 20.0 Å². The van der Waals surface area contributed by atoms with Crippen LogP contribution in [0.5, 0.6) is 0 Å². The summed E-state index contributed by atoms with van der Waals surface area (Å²) in [7, 11) is 3.15. The number of nitrogens with one attached hydrogen (secondary N) is 1. The number of rotatable bonds is 4. The zero-order valence-electron chi connectivity index (χ0n) is 15.1. The van der Waals surface area contributed by atoms with E-state index in [1.54, 1.807) is 7.05 Å². The summed E-state index contributed by atoms with van der Waals surface area (Å²) in [5.74, 6) is 1.92. The number of guanidine groups is 1. The van der Waals surface area contributed by atoms with E-state index in [1.807, 2.05) is 0 Å². The number of hydrogen-bond donors (Lipinski definition) is 1. The summed E-state index contributed by atoms with van der Waals surface area (Å²) in [5, 5.41) is 6.58. The Morgan fingerprint density at radius 1 is 1.44 bits per heavy atom. The molecule has 5 nitrogen and oxygen atoms in total. The molecule has 0 aliphatic carbocycles. The summed E-state index contributed by atoms with van der Waals surface area (Å²) in [4.78, 5) is 6.34. The SMILES string of the molecule is CN=C(NCc1cn(C)nc1C(F)(F)F)N1CCC(CC(C)C)C1.I. The number of likely N-dealkylation sites (tertiary alicyclic amines) is 1. The number of alkyl halides is 3. The Labute approximate surface area is 164 Å². The first-order chi connectivity index (χ1) is 11.2. The molecule has 0 saturated carbocycles. The highest BCUT2D eigenvalue weighted by atomic mass is 127. The van der Waals surface area contributed by atoms with Crippen LogP contribution in [0.3, 0.4) is 0 Å². The lowest BCUT2D eigenvalue weighted by Crippen LogP contribution is -2.39. The number of aryl methyl sites for hydroxylation is 1. The Kier molecular flexibility index (Phi) is 8.01. The third-order valence-corrected chi connectivity index (χ3v) is 4.21. The summed E-state index contributed by atoms with van der Waals surface area (Å²) < 4.78 is 40.2. The molecule has 0 aromatic carbocycles. The van der Waals surface area contributed by atoms with Gasteiger partial charge in [0.15, 0.2) is 11.7 Å². The molecule has 0 radical (unpaired) electrons. The van der Waals surface area contributed by atoms with Gasteiger partial charge in [-0.1, -0.05) is 13.8 Å². The van der Waals surface area contributed by atoms with Crippen molar-refractivity contribution >= 4 is 29.9 Å². The molecule has 2 rings (SSSR count). The van der Waals surface area contributed by atoms with Crippen LogP contribution in [-0.4, -0.2) is 40.8 Å². The van der Waals surface area contributed by atoms with Crippen molar-refractivity contribution in [2.45, 2.75) is 39.4 Å². The standard InChI is InChI=1S/C16H26F3N5.HI/c1-11(2)7-12-5-6-24(9-12)15(20-3)21-8-13-10-23(4)22-14(13)16(17,18)19;/h10-12H,5-9H2,1-4H3,(H,20,21);1H. The average molecular weight is 473 g/mol. The number of hydrogen-bond acceptors (Lipinski definition) is 2. The zero-order valence-corrected chi connectivity index (χ0v) is 17.4. The van der Waals surface area contributed by atoms with E-state index in [2.05, 4.69) is 34.2 Å². The number of nitrogens with zero attached hydrogens (tertiary/aromatic N) is 4. The minimum atomic E-state index is -4.45. The van der Waals surface area contributed by atoms with Crippen LogP contribution in [0, 0.1) is 11.8 Å². The van der Waals surface area contributed by atoms with E-state index in [1.165, 1.54) is 17.9 Å². The van der Waals surface area contributed by atoms with Crippen LogP contribution < -0.4 is 5.32 Å². The van der Waals surface area contributed by atoms with Crippen molar-refractivity contribution in [3.63, 3.8) is 0 Å². The summed E-state index contributed by atoms with van der Waals surface area (Å²) in [6.07, 6.45) is -0.791. The van der Waals surface area contributed by atoms with Crippen molar-refractivity contribution in [3.8, 4) is 0 Å². The Morgan fingerprint density at radius 2 is 2.12 bits per heavy atom. The first-order valence-corrected chi connectivity index (χ1v) is 8.26. The maximum atomic E-state index is 13.0. The molecule has 0 spiro atoms. The lowest BCUT2D eigenvalue weighted by atomic mass is 9.97. The molecule has 1 unspecified atom stereocenters. The van der Waals surface area contributed by atoms with Crippen LogP contribution in [-0.2, 0) is 19.8 Å². The van der Waals surface area contributed by atoms with Gasteiger partial charge in [-0.2, -0.15) is 18.3 Å². The molecule has 1 N–H and O–H groups in total. The molecule has 9 heteroatoms. The van der Waals surface area contributed by atoms with E-state index >= 15 is 0 Å². The van der Waals surface area contributed by atoms with E-state index < -0.39 is 11.9 Å². The lowest BCUT2D eigenvalue weighted by molar-refractivity contribution is -0.142. The van der Waals surface area contributed by atoms with Gasteiger partial charge >= 0.3 is 6.18 Å². The summed E-state index contributed by atoms with van der Waals surface area (Å²) in [6.45, 7) is 6.25. The second-order valence-corrected chi connectivity index (χ2v) is 6.81. The molecular formula is C16H27F3IN5. The van der Waals surface area contributed by atoms with Gasteiger partial charge < -0.3 is 10.2 Å². The summed E-state index contributed by atoms with van der Waals surface area (Å²) >= 11 is 0. The molecule has 1 fully saturated rings. The molecule has 1 aliphatic heterocycles. The van der Waals surface area contributed by atoms with Crippen molar-refractivity contribution in [3.05, 3.63) is 17.5 Å². The fourth-order valence-electron chi connectivity index (χ4n) is 3.30. The van der Waals surface area contributed by atoms with Gasteiger partial charge in [-0.25, -0.2) is 0 Å². The van der Waals surface area contributed by atoms with Crippen LogP contribution in [0.25, 0.3) is 0 Å². The van der Waals surface area contributed by atoms with E-state index in [0.717, 1.165) is 25.9 Å². The molecule has 1 atom stereocenters. The summed E-state index contributed by atoms with van der Waals surface area (Å²) in [6, 6.07) is 0. The smallest absolute Gasteiger partial charge is 0.352 e. The highest BCUT2D eigenvalue weighted by Crippen LogP contribution is 2.30. The Morgan fingerprint density at radius 3 is 2.68 bits per heavy atom. The summed E-state index contributed by atoms with van der Waals surface area (Å²) in [5.41, 5.74) is -0.712. The topological polar surface area (TPSA) is 45.5 Å². The van der Waals surface area contributed by atoms with Gasteiger partial charge in [-0.3, -0.25) is 9.67 Å². The predicted molar refractivity (Wildman–Crippen MR) is 103 cm³/mol. The number of aromatic nitrogens is 2. The van der Waals surface area contributed by atoms with Crippen LogP contribution in [0.15, 0.2) is 11.2 Å². The largest absolute Gasteiger partial charge is 0.435 e. The molecule has 1 aromatic heterocycles. The normalized spacial score (nSPS) is 18.6. The predicted octanol–water partition coefficient (Wildman–Crippen LogP) is 3.50. The third-order valence-electron chi connectivity index (χ3n) is 4.21. The third kappa shape index (κ3) is 6.03. The van der Waals surface area contributed by atoms with Crippen molar-refractivity contribution in [1.29, 1.82) is 0 Å². The maximum Gasteiger partial charge on any atom is 0.435 e. The Bertz CT molecular complexity index is 583. The van der Waals surface area contributed by atoms with Gasteiger partial charge in [0.2, 0.25) is 0 Å². The zero-order chi connectivity index (χ0) is 17.9. The highest BCUT2D eigenvalue weighted by Gasteiger charge is 2.37. The van der Waals surface area contributed by atoms with Gasteiger partial charge in [0.1, 0.15) is 0 Å². The monoisotopic (exact) mass is 473 g/mol. The number of halogens is 4. The first-order valence-electron chi connectivity index (χ1n) is 8.26. The van der Waals surface area contributed by atoms with Crippen LogP contribution in [0.1, 0.15) is 37.9 Å². The minimum absolute atomic E-state index is 0. The van der Waals surface area contributed by atoms with Gasteiger partial charge in [0.25, 0.3) is 0 Å². The van der Waals surface area contributed by atoms with Gasteiger partial charge in [-0.15, -0.1) is 24.0 Å². The van der Waals surface area contributed by atoms with Crippen molar-refractivity contribution in [2.24, 2.45) is 23.9 Å². The molecule has 1 aliphatic rings. The second kappa shape index (κ2) is 9.09. The molecule has 144 valence electrons. The fraction of sp³-hybridized carbons (Fsp3) is 0.750. The molecular weight excluding hydrogens is 446 g/mol. The first kappa shape index (κ1) is 22.0. The number of aliphatic imine (C=N–C) groups is 1. The molecule has 25 heavy (non-hydrogen) atoms. The van der Waals surface area contributed by atoms with Crippen LogP contribution >= 0.6 is 24.0 Å². The fourth-order valence-corrected chi connectivity index (χ4v) is 3.30. The second-order valence-electron chi connectivity index (χ2n) is 6.81. The van der Waals surface area contributed by atoms with Gasteiger partial charge in [0.05, 0.1) is 0 Å². The molecule has 1 aromatic rings. The highest BCUT2D eigenvalue weighted by molar-refractivity contribution is 14.0. The van der Waals surface area contributed by atoms with E-state index in [9.17, 15) is 13.2 Å². The Hall–Kier alpha value is -1.00. The van der Waals surface area contributed by atoms with E-state index in [4.69, 9.17) is 0 Å². The van der Waals surface area contributed by atoms with Gasteiger partial charge in [-0.05, 0) is 24.7 Å². The van der Waals surface area contributed by atoms with E-state index in [0.29, 0.717) is 17.8 Å². The molecule has 0 bridgehead atoms. The minimum Gasteiger partial charge on any atom is -0.352 e.